The maximum atomic E-state index is 13.9. The molecule has 0 saturated carbocycles. The van der Waals surface area contributed by atoms with Gasteiger partial charge in [0.05, 0.1) is 37.8 Å². The van der Waals surface area contributed by atoms with Gasteiger partial charge < -0.3 is 32.8 Å². The molecule has 356 valence electrons. The predicted molar refractivity (Wildman–Crippen MR) is 237 cm³/mol. The van der Waals surface area contributed by atoms with Gasteiger partial charge >= 0.3 is 65.1 Å². The van der Waals surface area contributed by atoms with Gasteiger partial charge in [0.25, 0.3) is 0 Å². The number of fused-ring (bicyclic) bond motifs is 2. The van der Waals surface area contributed by atoms with Crippen molar-refractivity contribution in [2.75, 3.05) is 56.3 Å². The average molecular weight is 1020 g/mol. The molecule has 0 bridgehead atoms. The fraction of sp³-hybridized carbons (Fsp3) is 0.524. The zero-order chi connectivity index (χ0) is 47.9. The van der Waals surface area contributed by atoms with Crippen molar-refractivity contribution in [3.63, 3.8) is 0 Å². The van der Waals surface area contributed by atoms with Crippen LogP contribution >= 0.6 is 0 Å². The topological polar surface area (TPSA) is 284 Å². The maximum Gasteiger partial charge on any atom is 1.00 e. The molecule has 66 heavy (non-hydrogen) atoms. The summed E-state index contributed by atoms with van der Waals surface area (Å²) in [5.41, 5.74) is 1.02. The van der Waals surface area contributed by atoms with Crippen molar-refractivity contribution < 1.29 is 125 Å². The quantitative estimate of drug-likeness (QED) is 0.0445. The molecule has 0 amide bonds. The molecule has 2 aliphatic heterocycles. The van der Waals surface area contributed by atoms with E-state index in [0.29, 0.717) is 59.6 Å². The molecule has 1 aliphatic carbocycles. The third kappa shape index (κ3) is 16.6. The minimum absolute atomic E-state index is 0. The van der Waals surface area contributed by atoms with Crippen LogP contribution in [0.5, 0.6) is 0 Å². The number of sulfonamides is 1. The standard InChI is InChI=1S/C42H59N3O15S4.2Na/c1-7-44(21-13-25-62(51,52)53)36-29-37-32(28-38(36)63(54,55)43-20-23-59-6)33(41(2,3)4)26-30(60-37)14-11-15-39-42(5,19-12-24-61(48,49)50)34-27-31(64(56,57)58)17-18-35(34)45(39)22-10-8-9-16-40(46)47;;/h11,14-15,17-18,26-29,43H,7-10,12-13,16,19-25H2,1-6H3,(H3-,46,47,48,49,50,51,52,53,56,57,58);;/q;2*+1/p-2. The van der Waals surface area contributed by atoms with E-state index in [2.05, 4.69) is 4.72 Å². The molecule has 2 heterocycles. The van der Waals surface area contributed by atoms with Crippen LogP contribution in [0.3, 0.4) is 0 Å². The number of allylic oxidation sites excluding steroid dienone is 3. The minimum Gasteiger partial charge on any atom is -0.748 e. The van der Waals surface area contributed by atoms with Crippen molar-refractivity contribution in [1.82, 2.24) is 9.30 Å². The number of unbranched alkanes of at least 4 members (excludes halogenated alkanes) is 2. The molecule has 4 rings (SSSR count). The Morgan fingerprint density at radius 3 is 2.15 bits per heavy atom. The van der Waals surface area contributed by atoms with E-state index in [4.69, 9.17) is 14.3 Å². The van der Waals surface area contributed by atoms with Crippen molar-refractivity contribution in [2.45, 2.75) is 100 Å². The number of carboxylic acid groups (broad SMARTS) is 1. The van der Waals surface area contributed by atoms with Crippen molar-refractivity contribution in [1.29, 1.82) is 0 Å². The molecule has 0 saturated heterocycles. The molecule has 18 nitrogen and oxygen atoms in total. The summed E-state index contributed by atoms with van der Waals surface area (Å²) in [6.45, 7) is 9.99. The molecule has 24 heteroatoms. The van der Waals surface area contributed by atoms with Gasteiger partial charge in [0.2, 0.25) is 15.4 Å². The Kier molecular flexibility index (Phi) is 22.5. The van der Waals surface area contributed by atoms with E-state index < -0.39 is 73.6 Å². The monoisotopic (exact) mass is 1020 g/mol. The first-order chi connectivity index (χ1) is 29.6. The summed E-state index contributed by atoms with van der Waals surface area (Å²) in [4.78, 5) is 12.5. The van der Waals surface area contributed by atoms with Gasteiger partial charge in [-0.15, -0.1) is 0 Å². The van der Waals surface area contributed by atoms with Gasteiger partial charge in [0.15, 0.2) is 4.90 Å². The Balaban J connectivity index is 0.00000748. The van der Waals surface area contributed by atoms with Crippen LogP contribution in [0.2, 0.25) is 0 Å². The largest absolute Gasteiger partial charge is 1.00 e. The van der Waals surface area contributed by atoms with Gasteiger partial charge in [-0.05, 0) is 98.6 Å². The summed E-state index contributed by atoms with van der Waals surface area (Å²) in [5, 5.41) is 9.36. The molecule has 0 radical (unpaired) electrons. The van der Waals surface area contributed by atoms with Crippen molar-refractivity contribution in [3.05, 3.63) is 76.5 Å². The fourth-order valence-electron chi connectivity index (χ4n) is 7.87. The summed E-state index contributed by atoms with van der Waals surface area (Å²) < 4.78 is 150. The minimum atomic E-state index is -4.91. The van der Waals surface area contributed by atoms with Crippen LogP contribution < -0.4 is 78.7 Å². The zero-order valence-electron chi connectivity index (χ0n) is 38.8. The molecule has 3 aliphatic rings. The van der Waals surface area contributed by atoms with Crippen LogP contribution in [0.25, 0.3) is 17.4 Å². The molecular formula is C42H57N3Na2O15S4. The van der Waals surface area contributed by atoms with Crippen LogP contribution in [-0.4, -0.2) is 110 Å². The second kappa shape index (κ2) is 24.7. The van der Waals surface area contributed by atoms with E-state index >= 15 is 0 Å². The Morgan fingerprint density at radius 2 is 1.58 bits per heavy atom. The van der Waals surface area contributed by atoms with E-state index in [1.54, 1.807) is 48.8 Å². The number of aliphatic carboxylic acids is 1. The summed E-state index contributed by atoms with van der Waals surface area (Å²) in [6, 6.07) is 8.77. The van der Waals surface area contributed by atoms with E-state index in [1.165, 1.54) is 31.4 Å². The SMILES string of the molecule is CC[N+](CCCS(=O)(=O)[O-])=c1cc2oc(/C=C/C=C3/N(CCCCCC(=O)O)c4ccc(S(=O)(=O)[O-])cc4C3(C)CCCS(=O)(=O)[O-])cc(C(C)(C)C)c-2cc1S(=O)(=O)NCCOC.[Na+].[Na+]. The second-order valence-electron chi connectivity index (χ2n) is 16.8. The molecule has 1 unspecified atom stereocenters. The normalized spacial score (nSPS) is 16.9. The molecule has 0 fully saturated rings. The summed E-state index contributed by atoms with van der Waals surface area (Å²) in [6.07, 6.45) is 6.37. The van der Waals surface area contributed by atoms with E-state index in [1.807, 2.05) is 25.7 Å². The molecule has 1 atom stereocenters. The third-order valence-corrected chi connectivity index (χ3v) is 14.9. The number of hydrogen-bond acceptors (Lipinski definition) is 15. The Morgan fingerprint density at radius 1 is 0.924 bits per heavy atom. The van der Waals surface area contributed by atoms with Gasteiger partial charge in [0.1, 0.15) is 34.7 Å². The molecular weight excluding hydrogens is 961 g/mol. The number of hydrogen-bond donors (Lipinski definition) is 2. The number of nitrogens with zero attached hydrogens (tertiary/aromatic N) is 2. The Hall–Kier alpha value is -2.00. The fourth-order valence-corrected chi connectivity index (χ4v) is 10.6. The van der Waals surface area contributed by atoms with Crippen LogP contribution in [0.15, 0.2) is 68.5 Å². The second-order valence-corrected chi connectivity index (χ2v) is 23.0. The van der Waals surface area contributed by atoms with Gasteiger partial charge in [-0.3, -0.25) is 4.79 Å². The van der Waals surface area contributed by atoms with Crippen LogP contribution in [0.1, 0.15) is 96.5 Å². The average Bonchev–Trinajstić information content (AvgIpc) is 3.39. The molecule has 2 N–H and O–H groups in total. The smallest absolute Gasteiger partial charge is 0.748 e. The number of nitrogens with one attached hydrogen (secondary N) is 1. The molecule has 0 aromatic heterocycles. The van der Waals surface area contributed by atoms with E-state index in [0.717, 1.165) is 0 Å². The first kappa shape index (κ1) is 60.1. The third-order valence-electron chi connectivity index (χ3n) is 11.0. The predicted octanol–water partition coefficient (Wildman–Crippen LogP) is -2.11. The Labute approximate surface area is 433 Å². The van der Waals surface area contributed by atoms with Gasteiger partial charge in [0, 0.05) is 66.9 Å². The number of carboxylic acids is 1. The van der Waals surface area contributed by atoms with Crippen LogP contribution in [0, 0.1) is 0 Å². The van der Waals surface area contributed by atoms with Gasteiger partial charge in [-0.1, -0.05) is 33.3 Å². The van der Waals surface area contributed by atoms with Crippen molar-refractivity contribution in [3.8, 4) is 11.3 Å². The number of rotatable bonds is 23. The van der Waals surface area contributed by atoms with Crippen molar-refractivity contribution >= 4 is 58.1 Å². The van der Waals surface area contributed by atoms with Crippen LogP contribution in [0.4, 0.5) is 5.69 Å². The summed E-state index contributed by atoms with van der Waals surface area (Å²) >= 11 is 0. The number of methoxy groups -OCH3 is 1. The van der Waals surface area contributed by atoms with Gasteiger partial charge in [-0.2, -0.15) is 0 Å². The zero-order valence-corrected chi connectivity index (χ0v) is 46.1. The van der Waals surface area contributed by atoms with Gasteiger partial charge in [-0.25, -0.2) is 43.0 Å². The first-order valence-corrected chi connectivity index (χ1v) is 26.7. The molecule has 1 aromatic rings. The first-order valence-electron chi connectivity index (χ1n) is 20.7. The maximum absolute atomic E-state index is 13.9. The number of carbonyl (C=O) groups is 1. The molecule has 1 aromatic carbocycles. The Bertz CT molecular complexity index is 2750. The van der Waals surface area contributed by atoms with Crippen LogP contribution in [-0.2, 0) is 60.7 Å². The summed E-state index contributed by atoms with van der Waals surface area (Å²) in [7, 11) is -16.8. The number of benzene rings is 2. The van der Waals surface area contributed by atoms with E-state index in [9.17, 15) is 52.1 Å². The number of ether oxygens (including phenoxy) is 1. The summed E-state index contributed by atoms with van der Waals surface area (Å²) in [5.74, 6) is -1.68. The van der Waals surface area contributed by atoms with E-state index in [-0.39, 0.29) is 127 Å². The number of anilines is 1. The molecule has 0 spiro atoms. The van der Waals surface area contributed by atoms with Crippen molar-refractivity contribution in [2.24, 2.45) is 0 Å².